The fourth-order valence-corrected chi connectivity index (χ4v) is 3.04. The molecular weight excluding hydrogens is 286 g/mol. The largest absolute Gasteiger partial charge is 0.461 e. The molecule has 1 aromatic rings. The highest BCUT2D eigenvalue weighted by Crippen LogP contribution is 2.23. The lowest BCUT2D eigenvalue weighted by Crippen LogP contribution is -2.04. The van der Waals surface area contributed by atoms with Crippen LogP contribution in [0, 0.1) is 5.92 Å². The Kier molecular flexibility index (Phi) is 8.46. The van der Waals surface area contributed by atoms with Gasteiger partial charge >= 0.3 is 5.97 Å². The number of hydrogen-bond donors (Lipinski definition) is 0. The summed E-state index contributed by atoms with van der Waals surface area (Å²) < 4.78 is 5.24. The maximum atomic E-state index is 11.6. The van der Waals surface area contributed by atoms with Crippen molar-refractivity contribution in [2.75, 3.05) is 0 Å². The normalized spacial score (nSPS) is 16.6. The summed E-state index contributed by atoms with van der Waals surface area (Å²) >= 11 is 0. The lowest BCUT2D eigenvalue weighted by Gasteiger charge is -2.07. The molecule has 0 saturated carbocycles. The number of rotatable bonds is 11. The van der Waals surface area contributed by atoms with Gasteiger partial charge in [0.05, 0.1) is 0 Å². The number of ether oxygens (including phenoxy) is 1. The molecule has 0 fully saturated rings. The van der Waals surface area contributed by atoms with E-state index in [4.69, 9.17) is 4.74 Å². The molecule has 1 unspecified atom stereocenters. The average Bonchev–Trinajstić information content (AvgIpc) is 3.10. The molecule has 0 spiro atoms. The number of carbonyl (C=O) groups is 1. The van der Waals surface area contributed by atoms with Crippen LogP contribution in [0.15, 0.2) is 36.7 Å². The van der Waals surface area contributed by atoms with Gasteiger partial charge in [0.25, 0.3) is 0 Å². The quantitative estimate of drug-likeness (QED) is 0.319. The second-order valence-electron chi connectivity index (χ2n) is 6.45. The van der Waals surface area contributed by atoms with E-state index >= 15 is 0 Å². The van der Waals surface area contributed by atoms with E-state index in [1.54, 1.807) is 12.4 Å². The number of unbranched alkanes of at least 4 members (excludes halogenated alkanes) is 5. The molecule has 0 radical (unpaired) electrons. The van der Waals surface area contributed by atoms with Gasteiger partial charge in [-0.05, 0) is 37.7 Å². The predicted molar refractivity (Wildman–Crippen MR) is 92.8 cm³/mol. The van der Waals surface area contributed by atoms with E-state index in [0.717, 1.165) is 24.3 Å². The molecule has 3 heteroatoms. The van der Waals surface area contributed by atoms with Crippen molar-refractivity contribution < 1.29 is 9.53 Å². The van der Waals surface area contributed by atoms with Crippen LogP contribution in [-0.4, -0.2) is 11.0 Å². The van der Waals surface area contributed by atoms with Crippen molar-refractivity contribution in [3.8, 4) is 0 Å². The minimum atomic E-state index is -0.0955. The van der Waals surface area contributed by atoms with Gasteiger partial charge in [0.15, 0.2) is 0 Å². The molecule has 0 aliphatic heterocycles. The number of allylic oxidation sites excluding steroid dienone is 2. The van der Waals surface area contributed by atoms with Crippen LogP contribution in [0.1, 0.15) is 69.8 Å². The Labute approximate surface area is 140 Å². The number of esters is 1. The zero-order valence-corrected chi connectivity index (χ0v) is 14.1. The maximum absolute atomic E-state index is 11.6. The van der Waals surface area contributed by atoms with Gasteiger partial charge in [-0.15, -0.1) is 0 Å². The van der Waals surface area contributed by atoms with Crippen molar-refractivity contribution >= 4 is 5.97 Å². The molecular formula is C20H29NO2. The van der Waals surface area contributed by atoms with Crippen LogP contribution in [0.4, 0.5) is 0 Å². The van der Waals surface area contributed by atoms with Crippen molar-refractivity contribution in [1.82, 2.24) is 4.98 Å². The summed E-state index contributed by atoms with van der Waals surface area (Å²) in [5.74, 6) is 0.756. The SMILES string of the molecule is O=C(CCCCCCCCC1C=CCC1)OCc1cccnc1. The molecule has 0 aromatic carbocycles. The van der Waals surface area contributed by atoms with Gasteiger partial charge in [-0.25, -0.2) is 0 Å². The number of pyridine rings is 1. The fraction of sp³-hybridized carbons (Fsp3) is 0.600. The van der Waals surface area contributed by atoms with Crippen LogP contribution in [-0.2, 0) is 16.1 Å². The molecule has 0 bridgehead atoms. The van der Waals surface area contributed by atoms with Gasteiger partial charge in [0.1, 0.15) is 6.61 Å². The van der Waals surface area contributed by atoms with E-state index in [9.17, 15) is 4.79 Å². The third-order valence-corrected chi connectivity index (χ3v) is 4.44. The van der Waals surface area contributed by atoms with E-state index in [0.29, 0.717) is 13.0 Å². The highest BCUT2D eigenvalue weighted by molar-refractivity contribution is 5.69. The minimum Gasteiger partial charge on any atom is -0.461 e. The second-order valence-corrected chi connectivity index (χ2v) is 6.45. The third-order valence-electron chi connectivity index (χ3n) is 4.44. The van der Waals surface area contributed by atoms with Crippen molar-refractivity contribution in [3.05, 3.63) is 42.2 Å². The molecule has 0 saturated heterocycles. The number of aromatic nitrogens is 1. The van der Waals surface area contributed by atoms with E-state index in [1.807, 2.05) is 12.1 Å². The lowest BCUT2D eigenvalue weighted by atomic mass is 10.00. The van der Waals surface area contributed by atoms with Gasteiger partial charge in [-0.2, -0.15) is 0 Å². The summed E-state index contributed by atoms with van der Waals surface area (Å²) in [7, 11) is 0. The first kappa shape index (κ1) is 17.7. The summed E-state index contributed by atoms with van der Waals surface area (Å²) in [4.78, 5) is 15.7. The van der Waals surface area contributed by atoms with Crippen LogP contribution in [0.5, 0.6) is 0 Å². The molecule has 1 aromatic heterocycles. The van der Waals surface area contributed by atoms with Crippen LogP contribution < -0.4 is 0 Å². The standard InChI is InChI=1S/C20H29NO2/c22-20(23-17-19-13-9-15-21-16-19)14-6-4-2-1-3-5-10-18-11-7-8-12-18/h7,9,11,13,15-16,18H,1-6,8,10,12,14,17H2. The molecule has 23 heavy (non-hydrogen) atoms. The van der Waals surface area contributed by atoms with Crippen molar-refractivity contribution in [3.63, 3.8) is 0 Å². The molecule has 2 rings (SSSR count). The van der Waals surface area contributed by atoms with Gasteiger partial charge in [0.2, 0.25) is 0 Å². The summed E-state index contributed by atoms with van der Waals surface area (Å²) in [6.45, 7) is 0.336. The summed E-state index contributed by atoms with van der Waals surface area (Å²) in [6.07, 6.45) is 20.0. The Balaban J connectivity index is 1.38. The Morgan fingerprint density at radius 2 is 2.00 bits per heavy atom. The number of carbonyl (C=O) groups excluding carboxylic acids is 1. The highest BCUT2D eigenvalue weighted by atomic mass is 16.5. The Bertz CT molecular complexity index is 470. The van der Waals surface area contributed by atoms with E-state index in [2.05, 4.69) is 17.1 Å². The summed E-state index contributed by atoms with van der Waals surface area (Å²) in [5, 5.41) is 0. The molecule has 1 aliphatic carbocycles. The highest BCUT2D eigenvalue weighted by Gasteiger charge is 2.08. The molecule has 126 valence electrons. The van der Waals surface area contributed by atoms with Gasteiger partial charge < -0.3 is 4.74 Å². The molecule has 1 atom stereocenters. The molecule has 1 heterocycles. The fourth-order valence-electron chi connectivity index (χ4n) is 3.04. The zero-order valence-electron chi connectivity index (χ0n) is 14.1. The van der Waals surface area contributed by atoms with Gasteiger partial charge in [-0.3, -0.25) is 9.78 Å². The first-order chi connectivity index (χ1) is 11.3. The maximum Gasteiger partial charge on any atom is 0.306 e. The van der Waals surface area contributed by atoms with Crippen LogP contribution in [0.2, 0.25) is 0 Å². The molecule has 0 N–H and O–H groups in total. The first-order valence-corrected chi connectivity index (χ1v) is 9.06. The van der Waals surface area contributed by atoms with E-state index in [1.165, 1.54) is 44.9 Å². The van der Waals surface area contributed by atoms with E-state index < -0.39 is 0 Å². The van der Waals surface area contributed by atoms with Gasteiger partial charge in [-0.1, -0.05) is 50.3 Å². The smallest absolute Gasteiger partial charge is 0.306 e. The zero-order chi connectivity index (χ0) is 16.2. The average molecular weight is 315 g/mol. The van der Waals surface area contributed by atoms with Crippen LogP contribution >= 0.6 is 0 Å². The molecule has 0 amide bonds. The Morgan fingerprint density at radius 3 is 2.74 bits per heavy atom. The monoisotopic (exact) mass is 315 g/mol. The third kappa shape index (κ3) is 7.96. The second kappa shape index (κ2) is 11.0. The summed E-state index contributed by atoms with van der Waals surface area (Å²) in [5.41, 5.74) is 0.943. The molecule has 3 nitrogen and oxygen atoms in total. The van der Waals surface area contributed by atoms with Crippen molar-refractivity contribution in [2.24, 2.45) is 5.92 Å². The first-order valence-electron chi connectivity index (χ1n) is 9.06. The van der Waals surface area contributed by atoms with Crippen LogP contribution in [0.25, 0.3) is 0 Å². The Hall–Kier alpha value is -1.64. The minimum absolute atomic E-state index is 0.0955. The summed E-state index contributed by atoms with van der Waals surface area (Å²) in [6, 6.07) is 3.77. The predicted octanol–water partition coefficient (Wildman–Crippen LogP) is 5.21. The van der Waals surface area contributed by atoms with Crippen LogP contribution in [0.3, 0.4) is 0 Å². The lowest BCUT2D eigenvalue weighted by molar-refractivity contribution is -0.145. The van der Waals surface area contributed by atoms with Crippen molar-refractivity contribution in [1.29, 1.82) is 0 Å². The van der Waals surface area contributed by atoms with Gasteiger partial charge in [0, 0.05) is 24.4 Å². The Morgan fingerprint density at radius 1 is 1.17 bits per heavy atom. The molecule has 1 aliphatic rings. The van der Waals surface area contributed by atoms with E-state index in [-0.39, 0.29) is 5.97 Å². The van der Waals surface area contributed by atoms with Crippen molar-refractivity contribution in [2.45, 2.75) is 70.8 Å². The topological polar surface area (TPSA) is 39.2 Å². The number of hydrogen-bond acceptors (Lipinski definition) is 3. The number of nitrogens with zero attached hydrogens (tertiary/aromatic N) is 1.